The molecule has 0 atom stereocenters. The number of rotatable bonds is 2. The summed E-state index contributed by atoms with van der Waals surface area (Å²) in [5, 5.41) is 0. The van der Waals surface area contributed by atoms with Crippen molar-refractivity contribution in [3.05, 3.63) is 44.2 Å². The molecule has 0 aliphatic carbocycles. The summed E-state index contributed by atoms with van der Waals surface area (Å²) < 4.78 is 27.6. The molecule has 17 heavy (non-hydrogen) atoms. The Morgan fingerprint density at radius 2 is 1.41 bits per heavy atom. The number of methoxy groups -OCH3 is 1. The molecule has 0 aliphatic heterocycles. The number of hydrogen-bond acceptors (Lipinski definition) is 2. The molecular formula is C11H10CrO4S. The molecule has 0 saturated carbocycles. The van der Waals surface area contributed by atoms with Crippen molar-refractivity contribution in [2.75, 3.05) is 13.4 Å². The van der Waals surface area contributed by atoms with Crippen molar-refractivity contribution in [3.8, 4) is 5.75 Å². The zero-order valence-electron chi connectivity index (χ0n) is 9.26. The van der Waals surface area contributed by atoms with Crippen molar-refractivity contribution in [3.63, 3.8) is 0 Å². The maximum Gasteiger partial charge on any atom is 0 e. The summed E-state index contributed by atoms with van der Waals surface area (Å²) in [6, 6.07) is 7.99. The summed E-state index contributed by atoms with van der Waals surface area (Å²) >= 11 is 1.69. The molecule has 0 amide bonds. The molecule has 4 nitrogen and oxygen atoms in total. The number of thioether (sulfide) groups is 1. The predicted octanol–water partition coefficient (Wildman–Crippen LogP) is 2.30. The van der Waals surface area contributed by atoms with Gasteiger partial charge in [0, 0.05) is 22.3 Å². The van der Waals surface area contributed by atoms with E-state index in [1.54, 1.807) is 18.9 Å². The van der Waals surface area contributed by atoms with Gasteiger partial charge in [-0.05, 0) is 18.4 Å². The average Bonchev–Trinajstić information content (AvgIpc) is 2.45. The van der Waals surface area contributed by atoms with Gasteiger partial charge in [0.2, 0.25) is 0 Å². The van der Waals surface area contributed by atoms with Crippen LogP contribution in [0.4, 0.5) is 0 Å². The van der Waals surface area contributed by atoms with Gasteiger partial charge in [0.05, 0.1) is 7.11 Å². The monoisotopic (exact) mass is 290 g/mol. The molecular weight excluding hydrogens is 280 g/mol. The topological polar surface area (TPSA) is 68.9 Å². The largest absolute Gasteiger partial charge is 0 e. The first-order chi connectivity index (χ1) is 7.88. The molecule has 1 aromatic carbocycles. The molecule has 0 fully saturated rings. The van der Waals surface area contributed by atoms with E-state index in [0.717, 1.165) is 5.75 Å². The van der Waals surface area contributed by atoms with E-state index in [0.29, 0.717) is 0 Å². The minimum absolute atomic E-state index is 0. The summed E-state index contributed by atoms with van der Waals surface area (Å²) in [6.07, 6.45) is 2.04. The van der Waals surface area contributed by atoms with Gasteiger partial charge in [-0.2, -0.15) is 0 Å². The van der Waals surface area contributed by atoms with Crippen LogP contribution in [0.15, 0.2) is 29.2 Å². The van der Waals surface area contributed by atoms with E-state index < -0.39 is 0 Å². The van der Waals surface area contributed by atoms with Crippen LogP contribution in [0.1, 0.15) is 0 Å². The van der Waals surface area contributed by atoms with Crippen molar-refractivity contribution in [1.29, 1.82) is 0 Å². The second kappa shape index (κ2) is 24.4. The first-order valence-electron chi connectivity index (χ1n) is 3.66. The van der Waals surface area contributed by atoms with Crippen molar-refractivity contribution < 1.29 is 36.1 Å². The van der Waals surface area contributed by atoms with E-state index in [2.05, 4.69) is 20.0 Å². The van der Waals surface area contributed by atoms with E-state index in [1.165, 1.54) is 4.90 Å². The Balaban J connectivity index is -0.000000106. The van der Waals surface area contributed by atoms with Crippen LogP contribution in [0.25, 0.3) is 0 Å². The molecule has 1 aromatic rings. The third-order valence-corrected chi connectivity index (χ3v) is 2.07. The van der Waals surface area contributed by atoms with E-state index in [1.807, 2.05) is 30.5 Å². The standard InChI is InChI=1S/C8H10OS.3CO.Cr/c1-9-7-5-3-4-6-8(7)10-2;3*1-2;/h3-6H,1-2H3;;;;. The minimum Gasteiger partial charge on any atom is 0 e. The molecule has 90 valence electrons. The number of benzene rings is 1. The Labute approximate surface area is 116 Å². The normalized spacial score (nSPS) is 5.88. The number of ether oxygens (including phenoxy) is 1. The minimum atomic E-state index is 0. The summed E-state index contributed by atoms with van der Waals surface area (Å²) in [5.74, 6) is 0.954. The van der Waals surface area contributed by atoms with Gasteiger partial charge in [0.15, 0.2) is 0 Å². The Bertz CT molecular complexity index is 285. The zero-order valence-corrected chi connectivity index (χ0v) is 11.4. The van der Waals surface area contributed by atoms with E-state index >= 15 is 0 Å². The van der Waals surface area contributed by atoms with Crippen molar-refractivity contribution in [2.45, 2.75) is 4.90 Å². The fourth-order valence-electron chi connectivity index (χ4n) is 0.787. The molecule has 0 unspecified atom stereocenters. The SMILES string of the molecule is COc1ccccc1SC.[C-]#[O+].[C-]#[O+].[C-]#[O+].[Cr]. The maximum absolute atomic E-state index is 7.50. The fraction of sp³-hybridized carbons (Fsp3) is 0.182. The first kappa shape index (κ1) is 25.1. The Hall–Kier alpha value is -0.878. The van der Waals surface area contributed by atoms with Gasteiger partial charge in [-0.3, -0.25) is 0 Å². The predicted molar refractivity (Wildman–Crippen MR) is 56.6 cm³/mol. The summed E-state index contributed by atoms with van der Waals surface area (Å²) in [5.41, 5.74) is 0. The quantitative estimate of drug-likeness (QED) is 0.476. The second-order valence-electron chi connectivity index (χ2n) is 1.85. The van der Waals surface area contributed by atoms with Crippen molar-refractivity contribution >= 4 is 11.8 Å². The van der Waals surface area contributed by atoms with Gasteiger partial charge in [-0.25, -0.2) is 0 Å². The van der Waals surface area contributed by atoms with E-state index in [4.69, 9.17) is 18.7 Å². The van der Waals surface area contributed by atoms with Gasteiger partial charge in [0.25, 0.3) is 0 Å². The Morgan fingerprint density at radius 3 is 1.71 bits per heavy atom. The molecule has 1 rings (SSSR count). The van der Waals surface area contributed by atoms with Gasteiger partial charge < -0.3 is 4.74 Å². The Kier molecular flexibility index (Phi) is 36.0. The number of hydrogen-bond donors (Lipinski definition) is 0. The molecule has 0 aromatic heterocycles. The van der Waals surface area contributed by atoms with Crippen LogP contribution in [-0.4, -0.2) is 13.4 Å². The van der Waals surface area contributed by atoms with Crippen LogP contribution in [0, 0.1) is 20.0 Å². The molecule has 0 N–H and O–H groups in total. The van der Waals surface area contributed by atoms with Gasteiger partial charge >= 0.3 is 33.9 Å². The van der Waals surface area contributed by atoms with Crippen LogP contribution in [0.2, 0.25) is 0 Å². The zero-order chi connectivity index (χ0) is 13.4. The number of para-hydroxylation sites is 1. The van der Waals surface area contributed by atoms with Crippen molar-refractivity contribution in [2.24, 2.45) is 0 Å². The Morgan fingerprint density at radius 1 is 1.00 bits per heavy atom. The average molecular weight is 290 g/mol. The molecule has 0 saturated heterocycles. The van der Waals surface area contributed by atoms with Crippen LogP contribution < -0.4 is 4.74 Å². The molecule has 0 aliphatic rings. The maximum atomic E-state index is 7.50. The van der Waals surface area contributed by atoms with E-state index in [-0.39, 0.29) is 17.4 Å². The van der Waals surface area contributed by atoms with Crippen LogP contribution in [0.5, 0.6) is 5.75 Å². The van der Waals surface area contributed by atoms with Crippen LogP contribution in [0.3, 0.4) is 0 Å². The molecule has 0 heterocycles. The first-order valence-corrected chi connectivity index (χ1v) is 4.89. The summed E-state index contributed by atoms with van der Waals surface area (Å²) in [4.78, 5) is 1.19. The van der Waals surface area contributed by atoms with Crippen LogP contribution in [-0.2, 0) is 31.3 Å². The molecule has 0 radical (unpaired) electrons. The molecule has 0 spiro atoms. The van der Waals surface area contributed by atoms with Crippen LogP contribution >= 0.6 is 11.8 Å². The third kappa shape index (κ3) is 13.1. The van der Waals surface area contributed by atoms with Crippen molar-refractivity contribution in [1.82, 2.24) is 0 Å². The van der Waals surface area contributed by atoms with Gasteiger partial charge in [0.1, 0.15) is 5.75 Å². The second-order valence-corrected chi connectivity index (χ2v) is 2.70. The van der Waals surface area contributed by atoms with Gasteiger partial charge in [-0.15, -0.1) is 11.8 Å². The van der Waals surface area contributed by atoms with E-state index in [9.17, 15) is 0 Å². The molecule has 6 heteroatoms. The fourth-order valence-corrected chi connectivity index (χ4v) is 1.35. The third-order valence-electron chi connectivity index (χ3n) is 1.29. The smallest absolute Gasteiger partial charge is 0 e. The molecule has 0 bridgehead atoms. The summed E-state index contributed by atoms with van der Waals surface area (Å²) in [7, 11) is 1.69. The summed E-state index contributed by atoms with van der Waals surface area (Å²) in [6.45, 7) is 13.5. The van der Waals surface area contributed by atoms with Gasteiger partial charge in [-0.1, -0.05) is 12.1 Å².